The summed E-state index contributed by atoms with van der Waals surface area (Å²) in [5.74, 6) is 0.580. The normalized spacial score (nSPS) is 20.9. The van der Waals surface area contributed by atoms with Crippen LogP contribution in [-0.4, -0.2) is 55.6 Å². The van der Waals surface area contributed by atoms with Gasteiger partial charge in [0.05, 0.1) is 24.7 Å². The van der Waals surface area contributed by atoms with E-state index in [1.165, 1.54) is 9.80 Å². The summed E-state index contributed by atoms with van der Waals surface area (Å²) in [5, 5.41) is -0.198. The maximum Gasteiger partial charge on any atom is 0.298 e. The lowest BCUT2D eigenvalue weighted by molar-refractivity contribution is -0.915. The number of carbonyl (C=O) groups excluding carboxylic acids is 2. The smallest absolute Gasteiger partial charge is 0.298 e. The lowest BCUT2D eigenvalue weighted by Gasteiger charge is -2.26. The van der Waals surface area contributed by atoms with Gasteiger partial charge >= 0.3 is 0 Å². The third-order valence-corrected chi connectivity index (χ3v) is 4.85. The van der Waals surface area contributed by atoms with Crippen molar-refractivity contribution in [2.24, 2.45) is 0 Å². The van der Waals surface area contributed by atoms with Gasteiger partial charge in [0.15, 0.2) is 6.67 Å². The van der Waals surface area contributed by atoms with Crippen molar-refractivity contribution in [3.8, 4) is 5.75 Å². The Hall–Kier alpha value is -1.83. The highest BCUT2D eigenvalue weighted by Gasteiger charge is 2.37. The van der Waals surface area contributed by atoms with Gasteiger partial charge in [-0.3, -0.25) is 9.59 Å². The first-order valence-corrected chi connectivity index (χ1v) is 8.88. The molecule has 128 valence electrons. The molecule has 0 spiro atoms. The van der Waals surface area contributed by atoms with Crippen molar-refractivity contribution in [1.82, 2.24) is 4.90 Å². The van der Waals surface area contributed by atoms with Crippen LogP contribution in [0.15, 0.2) is 29.2 Å². The molecule has 0 bridgehead atoms. The van der Waals surface area contributed by atoms with Gasteiger partial charge in [-0.1, -0.05) is 12.1 Å². The number of amides is 2. The van der Waals surface area contributed by atoms with Crippen LogP contribution in [-0.2, 0) is 9.53 Å². The van der Waals surface area contributed by atoms with E-state index in [0.717, 1.165) is 36.2 Å². The Labute approximate surface area is 145 Å². The van der Waals surface area contributed by atoms with Crippen LogP contribution in [0.4, 0.5) is 4.79 Å². The van der Waals surface area contributed by atoms with Crippen LogP contribution in [0.25, 0.3) is 6.08 Å². The third-order valence-electron chi connectivity index (χ3n) is 3.94. The summed E-state index contributed by atoms with van der Waals surface area (Å²) in [6.45, 7) is 5.94. The molecule has 2 aliphatic rings. The average Bonchev–Trinajstić information content (AvgIpc) is 2.85. The lowest BCUT2D eigenvalue weighted by Crippen LogP contribution is -3.15. The molecule has 6 nitrogen and oxygen atoms in total. The van der Waals surface area contributed by atoms with Crippen LogP contribution in [0.3, 0.4) is 0 Å². The Balaban J connectivity index is 1.68. The number of imide groups is 1. The molecule has 1 N–H and O–H groups in total. The number of nitrogens with one attached hydrogen (secondary N) is 1. The van der Waals surface area contributed by atoms with E-state index < -0.39 is 0 Å². The summed E-state index contributed by atoms with van der Waals surface area (Å²) in [6, 6.07) is 7.48. The number of nitrogens with zero attached hydrogens (tertiary/aromatic N) is 1. The predicted octanol–water partition coefficient (Wildman–Crippen LogP) is 0.994. The van der Waals surface area contributed by atoms with E-state index in [9.17, 15) is 9.59 Å². The zero-order valence-electron chi connectivity index (χ0n) is 13.6. The van der Waals surface area contributed by atoms with Crippen LogP contribution < -0.4 is 9.64 Å². The largest absolute Gasteiger partial charge is 0.494 e. The number of carbonyl (C=O) groups is 2. The van der Waals surface area contributed by atoms with Gasteiger partial charge in [0, 0.05) is 0 Å². The molecule has 2 amide bonds. The Morgan fingerprint density at radius 2 is 1.96 bits per heavy atom. The summed E-state index contributed by atoms with van der Waals surface area (Å²) in [5.41, 5.74) is 0.877. The minimum Gasteiger partial charge on any atom is -0.494 e. The monoisotopic (exact) mass is 349 g/mol. The van der Waals surface area contributed by atoms with Gasteiger partial charge in [-0.15, -0.1) is 0 Å². The number of quaternary nitrogens is 1. The fraction of sp³-hybridized carbons (Fsp3) is 0.412. The van der Waals surface area contributed by atoms with Crippen molar-refractivity contribution in [3.05, 3.63) is 34.7 Å². The van der Waals surface area contributed by atoms with E-state index in [-0.39, 0.29) is 11.1 Å². The highest BCUT2D eigenvalue weighted by molar-refractivity contribution is 8.18. The van der Waals surface area contributed by atoms with E-state index in [0.29, 0.717) is 31.4 Å². The quantitative estimate of drug-likeness (QED) is 0.804. The first-order valence-electron chi connectivity index (χ1n) is 8.07. The van der Waals surface area contributed by atoms with Crippen LogP contribution in [0.1, 0.15) is 12.5 Å². The minimum absolute atomic E-state index is 0.198. The molecule has 7 heteroatoms. The Morgan fingerprint density at radius 1 is 1.25 bits per heavy atom. The van der Waals surface area contributed by atoms with E-state index >= 15 is 0 Å². The summed E-state index contributed by atoms with van der Waals surface area (Å²) >= 11 is 1.00. The number of ether oxygens (including phenoxy) is 2. The van der Waals surface area contributed by atoms with Crippen molar-refractivity contribution in [1.29, 1.82) is 0 Å². The summed E-state index contributed by atoms with van der Waals surface area (Å²) in [7, 11) is 0. The maximum absolute atomic E-state index is 12.5. The van der Waals surface area contributed by atoms with Crippen molar-refractivity contribution in [3.63, 3.8) is 0 Å². The molecule has 0 saturated carbocycles. The second-order valence-corrected chi connectivity index (χ2v) is 6.63. The van der Waals surface area contributed by atoms with Crippen LogP contribution in [0.5, 0.6) is 5.75 Å². The summed E-state index contributed by atoms with van der Waals surface area (Å²) < 4.78 is 10.7. The van der Waals surface area contributed by atoms with Gasteiger partial charge < -0.3 is 14.4 Å². The molecule has 2 saturated heterocycles. The SMILES string of the molecule is CCOc1ccc(/C=C2/SC(=O)N(C[NH+]3CCOCC3)C2=O)cc1. The van der Waals surface area contributed by atoms with E-state index in [1.54, 1.807) is 6.08 Å². The number of thioether (sulfide) groups is 1. The molecule has 1 aromatic rings. The number of morpholine rings is 1. The Kier molecular flexibility index (Phi) is 5.55. The van der Waals surface area contributed by atoms with E-state index in [2.05, 4.69) is 0 Å². The van der Waals surface area contributed by atoms with Gasteiger partial charge in [0.1, 0.15) is 18.8 Å². The van der Waals surface area contributed by atoms with Crippen molar-refractivity contribution in [2.75, 3.05) is 39.6 Å². The molecule has 2 fully saturated rings. The minimum atomic E-state index is -0.210. The highest BCUT2D eigenvalue weighted by atomic mass is 32.2. The second kappa shape index (κ2) is 7.83. The van der Waals surface area contributed by atoms with E-state index in [4.69, 9.17) is 9.47 Å². The lowest BCUT2D eigenvalue weighted by atomic mass is 10.2. The number of hydrogen-bond acceptors (Lipinski definition) is 5. The molecule has 0 unspecified atom stereocenters. The topological polar surface area (TPSA) is 60.3 Å². The van der Waals surface area contributed by atoms with Crippen LogP contribution in [0, 0.1) is 0 Å². The molecule has 1 aromatic carbocycles. The Bertz CT molecular complexity index is 638. The maximum atomic E-state index is 12.5. The molecule has 0 atom stereocenters. The molecule has 2 aliphatic heterocycles. The van der Waals surface area contributed by atoms with Crippen molar-refractivity contribution < 1.29 is 24.0 Å². The third kappa shape index (κ3) is 3.98. The van der Waals surface area contributed by atoms with Crippen LogP contribution in [0.2, 0.25) is 0 Å². The zero-order valence-corrected chi connectivity index (χ0v) is 14.4. The Morgan fingerprint density at radius 3 is 2.62 bits per heavy atom. The number of rotatable bonds is 5. The van der Waals surface area contributed by atoms with Gasteiger partial charge in [-0.05, 0) is 42.5 Å². The summed E-state index contributed by atoms with van der Waals surface area (Å²) in [4.78, 5) is 27.7. The molecule has 0 aliphatic carbocycles. The average molecular weight is 349 g/mol. The number of hydrogen-bond donors (Lipinski definition) is 1. The molecule has 2 heterocycles. The molecule has 24 heavy (non-hydrogen) atoms. The van der Waals surface area contributed by atoms with Gasteiger partial charge in [-0.25, -0.2) is 4.90 Å². The van der Waals surface area contributed by atoms with Crippen molar-refractivity contribution >= 4 is 29.0 Å². The highest BCUT2D eigenvalue weighted by Crippen LogP contribution is 2.31. The zero-order chi connectivity index (χ0) is 16.9. The first kappa shape index (κ1) is 17.0. The van der Waals surface area contributed by atoms with Gasteiger partial charge in [-0.2, -0.15) is 0 Å². The van der Waals surface area contributed by atoms with Crippen molar-refractivity contribution in [2.45, 2.75) is 6.92 Å². The van der Waals surface area contributed by atoms with Gasteiger partial charge in [0.2, 0.25) is 0 Å². The standard InChI is InChI=1S/C17H20N2O4S/c1-2-23-14-5-3-13(4-6-14)11-15-16(20)19(17(21)24-15)12-18-7-9-22-10-8-18/h3-6,11H,2,7-10,12H2,1H3/p+1/b15-11+. The molecule has 0 aromatic heterocycles. The van der Waals surface area contributed by atoms with Crippen LogP contribution >= 0.6 is 11.8 Å². The first-order chi connectivity index (χ1) is 11.7. The predicted molar refractivity (Wildman–Crippen MR) is 91.8 cm³/mol. The molecule has 3 rings (SSSR count). The molecular formula is C17H21N2O4S+. The summed E-state index contributed by atoms with van der Waals surface area (Å²) in [6.07, 6.45) is 1.76. The molecule has 0 radical (unpaired) electrons. The fourth-order valence-electron chi connectivity index (χ4n) is 2.66. The van der Waals surface area contributed by atoms with E-state index in [1.807, 2.05) is 31.2 Å². The number of benzene rings is 1. The fourth-order valence-corrected chi connectivity index (χ4v) is 3.49. The molecular weight excluding hydrogens is 328 g/mol. The second-order valence-electron chi connectivity index (χ2n) is 5.63. The van der Waals surface area contributed by atoms with Gasteiger partial charge in [0.25, 0.3) is 11.1 Å².